The number of benzene rings is 2. The van der Waals surface area contributed by atoms with Crippen molar-refractivity contribution in [2.45, 2.75) is 9.79 Å². The number of ether oxygens (including phenoxy) is 2. The van der Waals surface area contributed by atoms with Crippen molar-refractivity contribution in [2.24, 2.45) is 0 Å². The SMILES string of the molecule is COc1c(-c2ccc(I)c(S(=O)(=O)O)c2OC)ccc(I)c1S(=O)(=O)O. The van der Waals surface area contributed by atoms with E-state index >= 15 is 0 Å². The highest BCUT2D eigenvalue weighted by Gasteiger charge is 2.29. The van der Waals surface area contributed by atoms with Crippen LogP contribution in [0.3, 0.4) is 0 Å². The smallest absolute Gasteiger partial charge is 0.299 e. The van der Waals surface area contributed by atoms with Crippen LogP contribution in [-0.2, 0) is 20.2 Å². The number of halogens is 2. The van der Waals surface area contributed by atoms with Crippen LogP contribution >= 0.6 is 45.2 Å². The van der Waals surface area contributed by atoms with Crippen molar-refractivity contribution in [3.05, 3.63) is 31.4 Å². The zero-order chi connectivity index (χ0) is 19.9. The summed E-state index contributed by atoms with van der Waals surface area (Å²) in [5, 5.41) is 0. The van der Waals surface area contributed by atoms with Crippen molar-refractivity contribution in [3.8, 4) is 22.6 Å². The van der Waals surface area contributed by atoms with Gasteiger partial charge in [-0.25, -0.2) is 0 Å². The molecule has 2 N–H and O–H groups in total. The summed E-state index contributed by atoms with van der Waals surface area (Å²) < 4.78 is 76.9. The molecule has 0 spiro atoms. The topological polar surface area (TPSA) is 127 Å². The van der Waals surface area contributed by atoms with Crippen molar-refractivity contribution < 1.29 is 35.4 Å². The van der Waals surface area contributed by atoms with Crippen LogP contribution < -0.4 is 9.47 Å². The minimum atomic E-state index is -4.62. The zero-order valence-corrected chi connectivity index (χ0v) is 19.2. The maximum atomic E-state index is 11.8. The summed E-state index contributed by atoms with van der Waals surface area (Å²) in [4.78, 5) is -0.904. The van der Waals surface area contributed by atoms with E-state index in [9.17, 15) is 25.9 Å². The van der Waals surface area contributed by atoms with Gasteiger partial charge in [0.1, 0.15) is 21.3 Å². The van der Waals surface area contributed by atoms with Crippen molar-refractivity contribution >= 4 is 65.4 Å². The molecule has 0 fully saturated rings. The van der Waals surface area contributed by atoms with Crippen molar-refractivity contribution in [1.29, 1.82) is 0 Å². The van der Waals surface area contributed by atoms with Gasteiger partial charge in [-0.1, -0.05) is 0 Å². The molecule has 0 aliphatic heterocycles. The largest absolute Gasteiger partial charge is 0.495 e. The van der Waals surface area contributed by atoms with Gasteiger partial charge >= 0.3 is 0 Å². The third kappa shape index (κ3) is 4.09. The first-order chi connectivity index (χ1) is 11.9. The fraction of sp³-hybridized carbons (Fsp3) is 0.143. The third-order valence-electron chi connectivity index (χ3n) is 3.34. The molecular formula is C14H12I2O8S2. The van der Waals surface area contributed by atoms with Crippen LogP contribution in [0.2, 0.25) is 0 Å². The minimum Gasteiger partial charge on any atom is -0.495 e. The molecule has 0 bridgehead atoms. The molecule has 0 amide bonds. The molecule has 142 valence electrons. The normalized spacial score (nSPS) is 12.1. The van der Waals surface area contributed by atoms with Gasteiger partial charge in [-0.15, -0.1) is 0 Å². The minimum absolute atomic E-state index is 0.165. The lowest BCUT2D eigenvalue weighted by molar-refractivity contribution is 0.391. The molecule has 0 heterocycles. The van der Waals surface area contributed by atoms with E-state index in [-0.39, 0.29) is 29.8 Å². The molecule has 0 saturated carbocycles. The Kier molecular flexibility index (Phi) is 6.44. The van der Waals surface area contributed by atoms with Gasteiger partial charge in [-0.3, -0.25) is 9.11 Å². The second-order valence-electron chi connectivity index (χ2n) is 4.86. The average molecular weight is 626 g/mol. The van der Waals surface area contributed by atoms with Crippen molar-refractivity contribution in [2.75, 3.05) is 14.2 Å². The van der Waals surface area contributed by atoms with Gasteiger partial charge in [0.05, 0.1) is 14.2 Å². The van der Waals surface area contributed by atoms with Crippen LogP contribution in [0.4, 0.5) is 0 Å². The van der Waals surface area contributed by atoms with E-state index in [0.717, 1.165) is 0 Å². The van der Waals surface area contributed by atoms with Gasteiger partial charge in [0.25, 0.3) is 20.2 Å². The molecule has 0 aromatic heterocycles. The molecule has 0 atom stereocenters. The van der Waals surface area contributed by atoms with Crippen LogP contribution in [0.5, 0.6) is 11.5 Å². The second kappa shape index (κ2) is 7.75. The summed E-state index contributed by atoms with van der Waals surface area (Å²) in [6.07, 6.45) is 0. The molecule has 2 rings (SSSR count). The quantitative estimate of drug-likeness (QED) is 0.383. The molecule has 0 unspecified atom stereocenters. The molecule has 2 aromatic rings. The molecule has 0 aliphatic carbocycles. The van der Waals surface area contributed by atoms with E-state index in [0.29, 0.717) is 0 Å². The van der Waals surface area contributed by atoms with Crippen molar-refractivity contribution in [3.63, 3.8) is 0 Å². The molecule has 8 nitrogen and oxygen atoms in total. The van der Waals surface area contributed by atoms with E-state index in [4.69, 9.17) is 9.47 Å². The van der Waals surface area contributed by atoms with Gasteiger partial charge in [0.2, 0.25) is 0 Å². The van der Waals surface area contributed by atoms with Gasteiger partial charge in [-0.2, -0.15) is 16.8 Å². The Bertz CT molecular complexity index is 991. The molecule has 26 heavy (non-hydrogen) atoms. The molecular weight excluding hydrogens is 614 g/mol. The Hall–Kier alpha value is -0.680. The standard InChI is InChI=1S/C14H12I2O8S2/c1-23-11-7(3-5-9(15)13(11)25(17,18)19)8-4-6-10(16)14(12(8)24-2)26(20,21)22/h3-6H,1-2H3,(H,17,18,19)(H,20,21,22). The fourth-order valence-electron chi connectivity index (χ4n) is 2.39. The number of methoxy groups -OCH3 is 2. The fourth-order valence-corrected chi connectivity index (χ4v) is 6.39. The first-order valence-electron chi connectivity index (χ1n) is 6.61. The van der Waals surface area contributed by atoms with Gasteiger partial charge in [-0.05, 0) is 69.4 Å². The summed E-state index contributed by atoms with van der Waals surface area (Å²) in [6, 6.07) is 5.83. The van der Waals surface area contributed by atoms with Crippen molar-refractivity contribution in [1.82, 2.24) is 0 Å². The van der Waals surface area contributed by atoms with E-state index in [1.165, 1.54) is 38.5 Å². The summed E-state index contributed by atoms with van der Waals surface area (Å²) in [6.45, 7) is 0. The van der Waals surface area contributed by atoms with E-state index in [1.54, 1.807) is 45.2 Å². The Morgan fingerprint density at radius 2 is 1.04 bits per heavy atom. The highest BCUT2D eigenvalue weighted by molar-refractivity contribution is 14.1. The third-order valence-corrected chi connectivity index (χ3v) is 7.71. The van der Waals surface area contributed by atoms with Crippen LogP contribution in [0, 0.1) is 7.14 Å². The Morgan fingerprint density at radius 1 is 0.731 bits per heavy atom. The summed E-state index contributed by atoms with van der Waals surface area (Å²) in [5.41, 5.74) is 0.331. The molecule has 0 radical (unpaired) electrons. The Labute approximate surface area is 177 Å². The number of hydrogen-bond acceptors (Lipinski definition) is 6. The molecule has 12 heteroatoms. The van der Waals surface area contributed by atoms with E-state index < -0.39 is 30.0 Å². The Balaban J connectivity index is 3.00. The maximum absolute atomic E-state index is 11.8. The lowest BCUT2D eigenvalue weighted by Crippen LogP contribution is -2.08. The average Bonchev–Trinajstić information content (AvgIpc) is 2.51. The number of hydrogen-bond donors (Lipinski definition) is 2. The van der Waals surface area contributed by atoms with Gasteiger partial charge in [0.15, 0.2) is 0 Å². The highest BCUT2D eigenvalue weighted by Crippen LogP contribution is 2.44. The lowest BCUT2D eigenvalue weighted by Gasteiger charge is -2.18. The summed E-state index contributed by atoms with van der Waals surface area (Å²) in [5.74, 6) is -0.361. The van der Waals surface area contributed by atoms with Gasteiger partial charge in [0, 0.05) is 18.3 Å². The van der Waals surface area contributed by atoms with Crippen LogP contribution in [-0.4, -0.2) is 40.2 Å². The Morgan fingerprint density at radius 3 is 1.27 bits per heavy atom. The number of rotatable bonds is 5. The van der Waals surface area contributed by atoms with E-state index in [2.05, 4.69) is 0 Å². The van der Waals surface area contributed by atoms with Crippen LogP contribution in [0.25, 0.3) is 11.1 Å². The van der Waals surface area contributed by atoms with Crippen LogP contribution in [0.1, 0.15) is 0 Å². The van der Waals surface area contributed by atoms with Gasteiger partial charge < -0.3 is 9.47 Å². The predicted molar refractivity (Wildman–Crippen MR) is 110 cm³/mol. The van der Waals surface area contributed by atoms with Crippen LogP contribution in [0.15, 0.2) is 34.1 Å². The maximum Gasteiger partial charge on any atom is 0.299 e. The first-order valence-corrected chi connectivity index (χ1v) is 11.7. The monoisotopic (exact) mass is 626 g/mol. The lowest BCUT2D eigenvalue weighted by atomic mass is 10.0. The zero-order valence-electron chi connectivity index (χ0n) is 13.2. The summed E-state index contributed by atoms with van der Waals surface area (Å²) >= 11 is 3.45. The highest BCUT2D eigenvalue weighted by atomic mass is 127. The molecule has 0 aliphatic rings. The predicted octanol–water partition coefficient (Wildman–Crippen LogP) is 3.07. The molecule has 2 aromatic carbocycles. The second-order valence-corrected chi connectivity index (χ2v) is 9.91. The summed E-state index contributed by atoms with van der Waals surface area (Å²) in [7, 11) is -6.80. The first kappa shape index (κ1) is 21.6. The van der Waals surface area contributed by atoms with E-state index in [1.807, 2.05) is 0 Å². The molecule has 0 saturated heterocycles.